The molecule has 0 aliphatic heterocycles. The summed E-state index contributed by atoms with van der Waals surface area (Å²) in [5.74, 6) is 2.53. The van der Waals surface area contributed by atoms with Gasteiger partial charge in [0.25, 0.3) is 0 Å². The van der Waals surface area contributed by atoms with Gasteiger partial charge >= 0.3 is 0 Å². The lowest BCUT2D eigenvalue weighted by Crippen LogP contribution is -2.67. The molecular weight excluding hydrogens is 638 g/mol. The van der Waals surface area contributed by atoms with Gasteiger partial charge in [0, 0.05) is 63.6 Å². The van der Waals surface area contributed by atoms with Crippen LogP contribution in [0.2, 0.25) is 0 Å². The van der Waals surface area contributed by atoms with Gasteiger partial charge in [-0.2, -0.15) is 0 Å². The van der Waals surface area contributed by atoms with Crippen molar-refractivity contribution in [2.24, 2.45) is 63.5 Å². The third-order valence-electron chi connectivity index (χ3n) is 14.3. The third kappa shape index (κ3) is 8.82. The number of benzene rings is 1. The Morgan fingerprint density at radius 1 is 0.843 bits per heavy atom. The van der Waals surface area contributed by atoms with Crippen LogP contribution in [0.3, 0.4) is 0 Å². The van der Waals surface area contributed by atoms with E-state index >= 15 is 0 Å². The maximum atomic E-state index is 13.4. The Kier molecular flexibility index (Phi) is 13.6. The highest BCUT2D eigenvalue weighted by atomic mass is 16.2. The van der Waals surface area contributed by atoms with Gasteiger partial charge in [0.05, 0.1) is 0 Å². The van der Waals surface area contributed by atoms with E-state index in [2.05, 4.69) is 79.0 Å². The van der Waals surface area contributed by atoms with Crippen molar-refractivity contribution in [3.05, 3.63) is 35.9 Å². The lowest BCUT2D eigenvalue weighted by molar-refractivity contribution is -0.153. The van der Waals surface area contributed by atoms with Gasteiger partial charge in [-0.15, -0.1) is 0 Å². The lowest BCUT2D eigenvalue weighted by atomic mass is 9.42. The van der Waals surface area contributed by atoms with E-state index in [1.54, 1.807) is 0 Å². The molecule has 11 atom stereocenters. The van der Waals surface area contributed by atoms with Crippen molar-refractivity contribution >= 4 is 17.7 Å². The molecule has 51 heavy (non-hydrogen) atoms. The predicted octanol–water partition coefficient (Wildman–Crippen LogP) is 3.91. The number of nitrogens with two attached hydrogens (primary N) is 3. The largest absolute Gasteiger partial charge is 0.353 e. The lowest BCUT2D eigenvalue weighted by Gasteiger charge is -2.65. The molecule has 4 aliphatic carbocycles. The molecule has 4 aliphatic rings. The zero-order valence-electron chi connectivity index (χ0n) is 32.0. The van der Waals surface area contributed by atoms with Gasteiger partial charge in [-0.1, -0.05) is 51.1 Å². The van der Waals surface area contributed by atoms with Gasteiger partial charge in [0.1, 0.15) is 0 Å². The summed E-state index contributed by atoms with van der Waals surface area (Å²) in [5, 5.41) is 10.4. The SMILES string of the molecule is CC(CCCN(C)Cc1ccccc1)C1CC[C@H]2C3C(NC(=O)CCN)CC4CC(NC(=O)CCN)CC[C@]4(C)[C@H]3CC(NC(=O)CCN)[C@]12C. The molecule has 286 valence electrons. The van der Waals surface area contributed by atoms with Gasteiger partial charge in [-0.05, 0) is 123 Å². The van der Waals surface area contributed by atoms with Crippen LogP contribution < -0.4 is 33.2 Å². The van der Waals surface area contributed by atoms with Crippen LogP contribution in [0.25, 0.3) is 0 Å². The summed E-state index contributed by atoms with van der Waals surface area (Å²) in [7, 11) is 2.21. The molecular formula is C41H69N7O3. The highest BCUT2D eigenvalue weighted by Gasteiger charge is 2.66. The summed E-state index contributed by atoms with van der Waals surface area (Å²) < 4.78 is 0. The quantitative estimate of drug-likeness (QED) is 0.151. The van der Waals surface area contributed by atoms with Gasteiger partial charge in [0.2, 0.25) is 17.7 Å². The summed E-state index contributed by atoms with van der Waals surface area (Å²) in [6.07, 6.45) is 10.3. The number of hydrogen-bond donors (Lipinski definition) is 6. The smallest absolute Gasteiger partial charge is 0.221 e. The van der Waals surface area contributed by atoms with Crippen LogP contribution in [-0.2, 0) is 20.9 Å². The minimum atomic E-state index is -0.0891. The fraction of sp³-hybridized carbons (Fsp3) is 0.780. The third-order valence-corrected chi connectivity index (χ3v) is 14.3. The van der Waals surface area contributed by atoms with Crippen molar-refractivity contribution in [1.82, 2.24) is 20.9 Å². The molecule has 0 heterocycles. The molecule has 1 aromatic carbocycles. The number of carbonyl (C=O) groups is 3. The Morgan fingerprint density at radius 3 is 2.16 bits per heavy atom. The van der Waals surface area contributed by atoms with Gasteiger partial charge in [0.15, 0.2) is 0 Å². The number of carbonyl (C=O) groups excluding carboxylic acids is 3. The molecule has 3 amide bonds. The molecule has 10 nitrogen and oxygen atoms in total. The number of nitrogens with zero attached hydrogens (tertiary/aromatic N) is 1. The number of hydrogen-bond acceptors (Lipinski definition) is 7. The molecule has 9 N–H and O–H groups in total. The summed E-state index contributed by atoms with van der Waals surface area (Å²) >= 11 is 0. The van der Waals surface area contributed by atoms with Crippen LogP contribution in [0, 0.1) is 46.3 Å². The van der Waals surface area contributed by atoms with E-state index in [1.807, 2.05) is 0 Å². The van der Waals surface area contributed by atoms with Crippen molar-refractivity contribution in [2.45, 2.75) is 122 Å². The zero-order valence-corrected chi connectivity index (χ0v) is 32.0. The first kappa shape index (κ1) is 39.7. The molecule has 10 heteroatoms. The van der Waals surface area contributed by atoms with Crippen LogP contribution in [0.15, 0.2) is 30.3 Å². The minimum absolute atomic E-state index is 0.0256. The second kappa shape index (κ2) is 17.5. The van der Waals surface area contributed by atoms with Crippen molar-refractivity contribution in [3.8, 4) is 0 Å². The fourth-order valence-corrected chi connectivity index (χ4v) is 11.8. The first-order chi connectivity index (χ1) is 24.4. The summed E-state index contributed by atoms with van der Waals surface area (Å²) in [6.45, 7) is 10.4. The van der Waals surface area contributed by atoms with Crippen molar-refractivity contribution in [3.63, 3.8) is 0 Å². The molecule has 0 radical (unpaired) electrons. The summed E-state index contributed by atoms with van der Waals surface area (Å²) in [4.78, 5) is 41.7. The van der Waals surface area contributed by atoms with E-state index in [0.29, 0.717) is 74.4 Å². The standard InChI is InChI=1S/C41H69N7O3/c1-27(9-8-22-48(4)26-28-10-6-5-7-11-28)31-12-13-32-39-33(25-35(41(31,32)3)47-38(51)17-21-44)40(2)18-14-30(45-36(49)15-19-42)23-29(40)24-34(39)46-37(50)16-20-43/h5-7,10-11,27,29-35,39H,8-9,12-26,42-44H2,1-4H3,(H,45,49)(H,46,50)(H,47,51)/t27?,29?,30?,31?,32-,33-,34?,35?,39?,40-,41+/m0/s1. The highest BCUT2D eigenvalue weighted by Crippen LogP contribution is 2.68. The number of amides is 3. The molecule has 0 aromatic heterocycles. The molecule has 5 rings (SSSR count). The minimum Gasteiger partial charge on any atom is -0.353 e. The van der Waals surface area contributed by atoms with Crippen LogP contribution >= 0.6 is 0 Å². The van der Waals surface area contributed by atoms with E-state index in [-0.39, 0.29) is 46.7 Å². The summed E-state index contributed by atoms with van der Waals surface area (Å²) in [5.41, 5.74) is 18.8. The van der Waals surface area contributed by atoms with Crippen LogP contribution in [0.1, 0.15) is 103 Å². The number of fused-ring (bicyclic) bond motifs is 5. The number of rotatable bonds is 16. The van der Waals surface area contributed by atoms with E-state index in [4.69, 9.17) is 17.2 Å². The van der Waals surface area contributed by atoms with Crippen LogP contribution in [0.4, 0.5) is 0 Å². The second-order valence-electron chi connectivity index (χ2n) is 17.3. The van der Waals surface area contributed by atoms with Crippen LogP contribution in [-0.4, -0.2) is 74.0 Å². The van der Waals surface area contributed by atoms with Crippen molar-refractivity contribution in [1.29, 1.82) is 0 Å². The van der Waals surface area contributed by atoms with Crippen molar-refractivity contribution in [2.75, 3.05) is 33.2 Å². The maximum absolute atomic E-state index is 13.4. The number of nitrogens with one attached hydrogen (secondary N) is 3. The Balaban J connectivity index is 1.39. The van der Waals surface area contributed by atoms with E-state index in [1.165, 1.54) is 5.56 Å². The first-order valence-corrected chi connectivity index (χ1v) is 20.1. The Hall–Kier alpha value is -2.53. The van der Waals surface area contributed by atoms with Gasteiger partial charge < -0.3 is 38.1 Å². The summed E-state index contributed by atoms with van der Waals surface area (Å²) in [6, 6.07) is 10.9. The van der Waals surface area contributed by atoms with Gasteiger partial charge in [-0.25, -0.2) is 0 Å². The van der Waals surface area contributed by atoms with E-state index in [0.717, 1.165) is 70.9 Å². The zero-order chi connectivity index (χ0) is 36.8. The Labute approximate surface area is 307 Å². The molecule has 1 aromatic rings. The molecule has 0 spiro atoms. The van der Waals surface area contributed by atoms with Gasteiger partial charge in [-0.3, -0.25) is 14.4 Å². The predicted molar refractivity (Wildman–Crippen MR) is 204 cm³/mol. The normalized spacial score (nSPS) is 34.9. The molecule has 0 bridgehead atoms. The average molecular weight is 708 g/mol. The maximum Gasteiger partial charge on any atom is 0.221 e. The molecule has 4 fully saturated rings. The molecule has 7 unspecified atom stereocenters. The van der Waals surface area contributed by atoms with Crippen LogP contribution in [0.5, 0.6) is 0 Å². The second-order valence-corrected chi connectivity index (χ2v) is 17.3. The van der Waals surface area contributed by atoms with Crippen molar-refractivity contribution < 1.29 is 14.4 Å². The fourth-order valence-electron chi connectivity index (χ4n) is 11.8. The average Bonchev–Trinajstić information content (AvgIpc) is 3.44. The Bertz CT molecular complexity index is 1310. The molecule has 4 saturated carbocycles. The highest BCUT2D eigenvalue weighted by molar-refractivity contribution is 5.77. The topological polar surface area (TPSA) is 169 Å². The molecule has 0 saturated heterocycles. The van der Waals surface area contributed by atoms with E-state index < -0.39 is 0 Å². The van der Waals surface area contributed by atoms with E-state index in [9.17, 15) is 14.4 Å². The Morgan fingerprint density at radius 2 is 1.49 bits per heavy atom. The monoisotopic (exact) mass is 708 g/mol. The first-order valence-electron chi connectivity index (χ1n) is 20.1.